The lowest BCUT2D eigenvalue weighted by Gasteiger charge is -2.33. The minimum Gasteiger partial charge on any atom is -0.224 e. The van der Waals surface area contributed by atoms with Crippen LogP contribution in [-0.4, -0.2) is 36.0 Å². The third-order valence-electron chi connectivity index (χ3n) is 4.02. The van der Waals surface area contributed by atoms with Crippen molar-refractivity contribution in [3.05, 3.63) is 0 Å². The quantitative estimate of drug-likeness (QED) is 0.442. The molecule has 0 aliphatic carbocycles. The van der Waals surface area contributed by atoms with E-state index in [2.05, 4.69) is 0 Å². The maximum atomic E-state index is 13.6. The number of alkyl halides is 14. The van der Waals surface area contributed by atoms with Gasteiger partial charge in [-0.15, -0.1) is 0 Å². The fraction of sp³-hybridized carbons (Fsp3) is 0.846. The number of hydrogen-bond acceptors (Lipinski definition) is 2. The molecular weight excluding hydrogens is 450 g/mol. The number of nitriles is 2. The zero-order chi connectivity index (χ0) is 23.7. The lowest BCUT2D eigenvalue weighted by atomic mass is 9.76. The summed E-state index contributed by atoms with van der Waals surface area (Å²) in [5, 5.41) is 17.5. The summed E-state index contributed by atoms with van der Waals surface area (Å²) in [5.41, 5.74) is -15.4. The Labute approximate surface area is 152 Å². The standard InChI is InChI=1S/C13H8F14N2/c14-8(10(16,17)18,11(19,20)21)3-1-7(5-28,6-29)2-4-9(15,12(22,23)24)13(25,26)27/h1-4H2. The van der Waals surface area contributed by atoms with Gasteiger partial charge >= 0.3 is 24.7 Å². The van der Waals surface area contributed by atoms with Crippen LogP contribution in [0.5, 0.6) is 0 Å². The molecule has 16 heteroatoms. The summed E-state index contributed by atoms with van der Waals surface area (Å²) >= 11 is 0. The van der Waals surface area contributed by atoms with Crippen LogP contribution in [0.25, 0.3) is 0 Å². The molecule has 0 aliphatic rings. The summed E-state index contributed by atoms with van der Waals surface area (Å²) in [6.07, 6.45) is -36.2. The largest absolute Gasteiger partial charge is 0.431 e. The van der Waals surface area contributed by atoms with Gasteiger partial charge in [0.2, 0.25) is 0 Å². The average molecular weight is 458 g/mol. The fourth-order valence-electron chi connectivity index (χ4n) is 2.03. The zero-order valence-electron chi connectivity index (χ0n) is 13.5. The number of hydrogen-bond donors (Lipinski definition) is 0. The van der Waals surface area contributed by atoms with Gasteiger partial charge in [-0.1, -0.05) is 0 Å². The SMILES string of the molecule is N#CC(C#N)(CCC(F)(C(F)(F)F)C(F)(F)F)CCC(F)(C(F)(F)F)C(F)(F)F. The highest BCUT2D eigenvalue weighted by Crippen LogP contribution is 2.53. The Bertz CT molecular complexity index is 568. The smallest absolute Gasteiger partial charge is 0.224 e. The predicted octanol–water partition coefficient (Wildman–Crippen LogP) is 6.25. The first-order valence-electron chi connectivity index (χ1n) is 7.01. The predicted molar refractivity (Wildman–Crippen MR) is 64.0 cm³/mol. The minimum absolute atomic E-state index is 0.652. The van der Waals surface area contributed by atoms with Crippen molar-refractivity contribution in [2.75, 3.05) is 0 Å². The molecule has 0 bridgehead atoms. The van der Waals surface area contributed by atoms with Gasteiger partial charge in [0.05, 0.1) is 12.1 Å². The molecule has 29 heavy (non-hydrogen) atoms. The van der Waals surface area contributed by atoms with Gasteiger partial charge in [0.15, 0.2) is 0 Å². The topological polar surface area (TPSA) is 47.6 Å². The Hall–Kier alpha value is -2.00. The second kappa shape index (κ2) is 7.68. The molecule has 0 saturated carbocycles. The van der Waals surface area contributed by atoms with Crippen LogP contribution in [0.3, 0.4) is 0 Å². The van der Waals surface area contributed by atoms with Crippen LogP contribution >= 0.6 is 0 Å². The molecule has 0 fully saturated rings. The van der Waals surface area contributed by atoms with Crippen molar-refractivity contribution < 1.29 is 61.5 Å². The summed E-state index contributed by atoms with van der Waals surface area (Å²) in [6, 6.07) is 1.30. The van der Waals surface area contributed by atoms with E-state index in [-0.39, 0.29) is 0 Å². The Morgan fingerprint density at radius 1 is 0.414 bits per heavy atom. The van der Waals surface area contributed by atoms with Gasteiger partial charge in [0, 0.05) is 12.8 Å². The van der Waals surface area contributed by atoms with E-state index in [1.165, 1.54) is 0 Å². The third-order valence-corrected chi connectivity index (χ3v) is 4.02. The van der Waals surface area contributed by atoms with E-state index in [1.54, 1.807) is 0 Å². The molecule has 168 valence electrons. The zero-order valence-corrected chi connectivity index (χ0v) is 13.5. The molecule has 0 aromatic rings. The van der Waals surface area contributed by atoms with E-state index in [1.807, 2.05) is 0 Å². The molecule has 0 amide bonds. The molecule has 0 heterocycles. The van der Waals surface area contributed by atoms with Gasteiger partial charge < -0.3 is 0 Å². The summed E-state index contributed by atoms with van der Waals surface area (Å²) in [4.78, 5) is 0. The summed E-state index contributed by atoms with van der Waals surface area (Å²) < 4.78 is 177. The second-order valence-electron chi connectivity index (χ2n) is 5.90. The molecular formula is C13H8F14N2. The van der Waals surface area contributed by atoms with Crippen LogP contribution in [-0.2, 0) is 0 Å². The van der Waals surface area contributed by atoms with Crippen molar-refractivity contribution in [3.8, 4) is 12.1 Å². The van der Waals surface area contributed by atoms with Gasteiger partial charge in [0.25, 0.3) is 11.3 Å². The van der Waals surface area contributed by atoms with Crippen molar-refractivity contribution in [3.63, 3.8) is 0 Å². The van der Waals surface area contributed by atoms with Gasteiger partial charge in [-0.2, -0.15) is 63.2 Å². The maximum absolute atomic E-state index is 13.6. The van der Waals surface area contributed by atoms with Crippen LogP contribution in [0.1, 0.15) is 25.7 Å². The summed E-state index contributed by atoms with van der Waals surface area (Å²) in [7, 11) is 0. The molecule has 0 radical (unpaired) electrons. The summed E-state index contributed by atoms with van der Waals surface area (Å²) in [6.45, 7) is 0. The lowest BCUT2D eigenvalue weighted by molar-refractivity contribution is -0.345. The van der Waals surface area contributed by atoms with Crippen molar-refractivity contribution in [1.82, 2.24) is 0 Å². The van der Waals surface area contributed by atoms with Gasteiger partial charge in [-0.3, -0.25) is 0 Å². The maximum Gasteiger partial charge on any atom is 0.431 e. The molecule has 0 N–H and O–H groups in total. The number of nitrogens with zero attached hydrogens (tertiary/aromatic N) is 2. The third kappa shape index (κ3) is 5.14. The first-order valence-corrected chi connectivity index (χ1v) is 7.01. The average Bonchev–Trinajstić information content (AvgIpc) is 2.50. The van der Waals surface area contributed by atoms with Crippen molar-refractivity contribution in [2.24, 2.45) is 5.41 Å². The Morgan fingerprint density at radius 3 is 0.759 bits per heavy atom. The monoisotopic (exact) mass is 458 g/mol. The molecule has 0 rings (SSSR count). The number of halogens is 14. The Morgan fingerprint density at radius 2 is 0.621 bits per heavy atom. The van der Waals surface area contributed by atoms with Crippen molar-refractivity contribution >= 4 is 0 Å². The molecule has 0 aromatic heterocycles. The van der Waals surface area contributed by atoms with Gasteiger partial charge in [-0.25, -0.2) is 8.78 Å². The van der Waals surface area contributed by atoms with Gasteiger partial charge in [0.1, 0.15) is 5.41 Å². The molecule has 0 aromatic carbocycles. The summed E-state index contributed by atoms with van der Waals surface area (Å²) in [5.74, 6) is 0. The first kappa shape index (κ1) is 27.0. The van der Waals surface area contributed by atoms with E-state index < -0.39 is 67.1 Å². The second-order valence-corrected chi connectivity index (χ2v) is 5.90. The fourth-order valence-corrected chi connectivity index (χ4v) is 2.03. The molecule has 0 unspecified atom stereocenters. The minimum atomic E-state index is -6.64. The lowest BCUT2D eigenvalue weighted by Crippen LogP contribution is -2.54. The van der Waals surface area contributed by atoms with Crippen LogP contribution < -0.4 is 0 Å². The van der Waals surface area contributed by atoms with E-state index >= 15 is 0 Å². The molecule has 2 nitrogen and oxygen atoms in total. The van der Waals surface area contributed by atoms with E-state index in [4.69, 9.17) is 10.5 Å². The number of rotatable bonds is 6. The van der Waals surface area contributed by atoms with Crippen LogP contribution in [0.2, 0.25) is 0 Å². The highest BCUT2D eigenvalue weighted by Gasteiger charge is 2.74. The normalized spacial score (nSPS) is 15.0. The van der Waals surface area contributed by atoms with Gasteiger partial charge in [-0.05, 0) is 12.8 Å². The van der Waals surface area contributed by atoms with Crippen LogP contribution in [0.4, 0.5) is 61.5 Å². The van der Waals surface area contributed by atoms with Crippen molar-refractivity contribution in [1.29, 1.82) is 10.5 Å². The van der Waals surface area contributed by atoms with E-state index in [0.717, 1.165) is 0 Å². The van der Waals surface area contributed by atoms with E-state index in [9.17, 15) is 61.5 Å². The molecule has 0 atom stereocenters. The Balaban J connectivity index is 5.89. The molecule has 0 spiro atoms. The van der Waals surface area contributed by atoms with Crippen molar-refractivity contribution in [2.45, 2.75) is 61.7 Å². The Kier molecular flexibility index (Phi) is 7.15. The highest BCUT2D eigenvalue weighted by molar-refractivity contribution is 5.16. The van der Waals surface area contributed by atoms with Crippen LogP contribution in [0.15, 0.2) is 0 Å². The van der Waals surface area contributed by atoms with E-state index in [0.29, 0.717) is 12.1 Å². The highest BCUT2D eigenvalue weighted by atomic mass is 19.4. The first-order chi connectivity index (χ1) is 12.5. The molecule has 0 aliphatic heterocycles. The molecule has 0 saturated heterocycles. The van der Waals surface area contributed by atoms with Crippen LogP contribution in [0, 0.1) is 28.1 Å².